The lowest BCUT2D eigenvalue weighted by Crippen LogP contribution is -2.34. The number of hydrogen-bond donors (Lipinski definition) is 2. The molecule has 0 atom stereocenters. The van der Waals surface area contributed by atoms with Crippen LogP contribution < -0.4 is 20.7 Å². The number of methoxy groups -OCH3 is 1. The van der Waals surface area contributed by atoms with Crippen LogP contribution in [0.4, 0.5) is 13.2 Å². The van der Waals surface area contributed by atoms with Crippen LogP contribution in [0.1, 0.15) is 15.2 Å². The third-order valence-corrected chi connectivity index (χ3v) is 7.33. The molecule has 0 fully saturated rings. The number of aromatic amines is 1. The fourth-order valence-electron chi connectivity index (χ4n) is 3.56. The Morgan fingerprint density at radius 1 is 1.14 bits per heavy atom. The van der Waals surface area contributed by atoms with E-state index in [9.17, 15) is 36.7 Å². The summed E-state index contributed by atoms with van der Waals surface area (Å²) in [6.45, 7) is -0.779. The number of sulfone groups is 1. The molecule has 0 bridgehead atoms. The van der Waals surface area contributed by atoms with E-state index in [1.165, 1.54) is 12.5 Å². The molecule has 10 nitrogen and oxygen atoms in total. The van der Waals surface area contributed by atoms with Crippen molar-refractivity contribution < 1.29 is 41.0 Å². The van der Waals surface area contributed by atoms with Gasteiger partial charge in [-0.25, -0.2) is 35.7 Å². The maximum Gasteiger partial charge on any atom is 0.346 e. The van der Waals surface area contributed by atoms with Crippen molar-refractivity contribution >= 4 is 38.0 Å². The minimum atomic E-state index is -4.17. The van der Waals surface area contributed by atoms with Crippen LogP contribution in [-0.2, 0) is 16.4 Å². The van der Waals surface area contributed by atoms with Crippen molar-refractivity contribution in [1.82, 2.24) is 9.55 Å². The summed E-state index contributed by atoms with van der Waals surface area (Å²) >= 11 is 0.664. The molecule has 0 amide bonds. The molecule has 2 aromatic carbocycles. The van der Waals surface area contributed by atoms with Crippen LogP contribution in [0.2, 0.25) is 0 Å². The highest BCUT2D eigenvalue weighted by atomic mass is 32.2. The zero-order valence-electron chi connectivity index (χ0n) is 18.8. The van der Waals surface area contributed by atoms with Gasteiger partial charge in [-0.05, 0) is 18.2 Å². The van der Waals surface area contributed by atoms with E-state index < -0.39 is 83.3 Å². The Balaban J connectivity index is 1.93. The van der Waals surface area contributed by atoms with E-state index in [0.29, 0.717) is 23.5 Å². The van der Waals surface area contributed by atoms with Gasteiger partial charge in [0.15, 0.2) is 21.5 Å². The molecule has 0 saturated carbocycles. The van der Waals surface area contributed by atoms with Gasteiger partial charge in [-0.2, -0.15) is 0 Å². The molecule has 15 heteroatoms. The Labute approximate surface area is 209 Å². The van der Waals surface area contributed by atoms with Crippen LogP contribution in [0.15, 0.2) is 44.1 Å². The van der Waals surface area contributed by atoms with Gasteiger partial charge in [-0.15, -0.1) is 11.3 Å². The largest absolute Gasteiger partial charge is 0.496 e. The molecule has 0 unspecified atom stereocenters. The molecular weight excluding hydrogens is 541 g/mol. The second-order valence-corrected chi connectivity index (χ2v) is 10.4. The summed E-state index contributed by atoms with van der Waals surface area (Å²) in [6.07, 6.45) is 0.729. The van der Waals surface area contributed by atoms with Crippen LogP contribution in [-0.4, -0.2) is 42.4 Å². The summed E-state index contributed by atoms with van der Waals surface area (Å²) in [7, 11) is -2.99. The van der Waals surface area contributed by atoms with Gasteiger partial charge in [0, 0.05) is 17.7 Å². The molecule has 2 N–H and O–H groups in total. The second-order valence-electron chi connectivity index (χ2n) is 7.58. The first-order valence-electron chi connectivity index (χ1n) is 10.0. The Morgan fingerprint density at radius 2 is 1.84 bits per heavy atom. The minimum absolute atomic E-state index is 0.0908. The number of fused-ring (bicyclic) bond motifs is 1. The lowest BCUT2D eigenvalue weighted by Gasteiger charge is -2.16. The van der Waals surface area contributed by atoms with E-state index in [1.54, 1.807) is 0 Å². The number of carboxylic acids is 1. The van der Waals surface area contributed by atoms with Crippen LogP contribution in [0, 0.1) is 17.5 Å². The highest BCUT2D eigenvalue weighted by Crippen LogP contribution is 2.32. The van der Waals surface area contributed by atoms with E-state index in [0.717, 1.165) is 18.4 Å². The van der Waals surface area contributed by atoms with Crippen LogP contribution in [0.5, 0.6) is 11.5 Å². The normalized spacial score (nSPS) is 11.6. The van der Waals surface area contributed by atoms with E-state index >= 15 is 4.39 Å². The fourth-order valence-corrected chi connectivity index (χ4v) is 5.19. The number of benzene rings is 2. The van der Waals surface area contributed by atoms with E-state index in [-0.39, 0.29) is 15.8 Å². The van der Waals surface area contributed by atoms with Crippen LogP contribution in [0.3, 0.4) is 0 Å². The van der Waals surface area contributed by atoms with E-state index in [1.807, 2.05) is 0 Å². The zero-order chi connectivity index (χ0) is 27.2. The molecule has 194 valence electrons. The first kappa shape index (κ1) is 26.0. The highest BCUT2D eigenvalue weighted by Gasteiger charge is 2.25. The number of carboxylic acid groups (broad SMARTS) is 1. The van der Waals surface area contributed by atoms with Crippen molar-refractivity contribution in [1.29, 1.82) is 0 Å². The number of H-pyrrole nitrogens is 1. The molecule has 0 radical (unpaired) electrons. The quantitative estimate of drug-likeness (QED) is 0.354. The monoisotopic (exact) mass is 556 g/mol. The molecule has 37 heavy (non-hydrogen) atoms. The Bertz CT molecular complexity index is 1810. The Morgan fingerprint density at radius 3 is 2.46 bits per heavy atom. The summed E-state index contributed by atoms with van der Waals surface area (Å²) in [4.78, 5) is 38.4. The third kappa shape index (κ3) is 4.58. The maximum absolute atomic E-state index is 15.1. The molecule has 0 aliphatic carbocycles. The molecule has 0 aliphatic heterocycles. The SMILES string of the molecule is COc1ccc(F)c(F)c1COc1cc(-n2c(=O)[nH]c3csc(C(=O)O)c3c2=O)c(F)cc1S(C)(=O)=O. The minimum Gasteiger partial charge on any atom is -0.496 e. The Kier molecular flexibility index (Phi) is 6.60. The maximum atomic E-state index is 15.1. The predicted molar refractivity (Wildman–Crippen MR) is 125 cm³/mol. The molecule has 2 aromatic heterocycles. The number of nitrogens with one attached hydrogen (secondary N) is 1. The predicted octanol–water partition coefficient (Wildman–Crippen LogP) is 2.85. The van der Waals surface area contributed by atoms with Crippen molar-refractivity contribution in [2.24, 2.45) is 0 Å². The molecular formula is C22H15F3N2O8S2. The number of hydrogen-bond acceptors (Lipinski definition) is 8. The number of halogens is 3. The van der Waals surface area contributed by atoms with Crippen molar-refractivity contribution in [3.63, 3.8) is 0 Å². The van der Waals surface area contributed by atoms with Crippen LogP contribution in [0.25, 0.3) is 16.6 Å². The topological polar surface area (TPSA) is 145 Å². The highest BCUT2D eigenvalue weighted by molar-refractivity contribution is 7.90. The van der Waals surface area contributed by atoms with Gasteiger partial charge in [-0.1, -0.05) is 0 Å². The lowest BCUT2D eigenvalue weighted by molar-refractivity contribution is 0.0704. The molecule has 0 spiro atoms. The summed E-state index contributed by atoms with van der Waals surface area (Å²) in [5.41, 5.74) is -3.63. The van der Waals surface area contributed by atoms with Crippen molar-refractivity contribution in [3.05, 3.63) is 78.4 Å². The number of ether oxygens (including phenoxy) is 2. The number of rotatable bonds is 7. The van der Waals surface area contributed by atoms with E-state index in [2.05, 4.69) is 4.98 Å². The van der Waals surface area contributed by atoms with Crippen molar-refractivity contribution in [3.8, 4) is 17.2 Å². The van der Waals surface area contributed by atoms with E-state index in [4.69, 9.17) is 9.47 Å². The van der Waals surface area contributed by atoms with Gasteiger partial charge in [0.1, 0.15) is 33.7 Å². The molecule has 2 heterocycles. The first-order valence-corrected chi connectivity index (χ1v) is 12.8. The number of aromatic nitrogens is 2. The van der Waals surface area contributed by atoms with Gasteiger partial charge >= 0.3 is 11.7 Å². The molecule has 0 aliphatic rings. The first-order chi connectivity index (χ1) is 17.3. The smallest absolute Gasteiger partial charge is 0.346 e. The molecule has 4 rings (SSSR count). The average Bonchev–Trinajstić information content (AvgIpc) is 3.25. The third-order valence-electron chi connectivity index (χ3n) is 5.25. The zero-order valence-corrected chi connectivity index (χ0v) is 20.4. The van der Waals surface area contributed by atoms with Gasteiger partial charge in [0.05, 0.1) is 29.3 Å². The molecule has 0 saturated heterocycles. The number of thiophene rings is 1. The van der Waals surface area contributed by atoms with Gasteiger partial charge in [-0.3, -0.25) is 4.79 Å². The van der Waals surface area contributed by atoms with Crippen molar-refractivity contribution in [2.45, 2.75) is 11.5 Å². The summed E-state index contributed by atoms with van der Waals surface area (Å²) in [6, 6.07) is 3.12. The number of aromatic carboxylic acids is 1. The summed E-state index contributed by atoms with van der Waals surface area (Å²) < 4.78 is 78.5. The van der Waals surface area contributed by atoms with Crippen LogP contribution >= 0.6 is 11.3 Å². The number of nitrogens with zero attached hydrogens (tertiary/aromatic N) is 1. The Hall–Kier alpha value is -4.11. The molecule has 4 aromatic rings. The fraction of sp³-hybridized carbons (Fsp3) is 0.136. The summed E-state index contributed by atoms with van der Waals surface area (Å²) in [5.74, 6) is -6.09. The van der Waals surface area contributed by atoms with Gasteiger partial charge < -0.3 is 19.6 Å². The van der Waals surface area contributed by atoms with Crippen molar-refractivity contribution in [2.75, 3.05) is 13.4 Å². The number of carbonyl (C=O) groups is 1. The van der Waals surface area contributed by atoms with Gasteiger partial charge in [0.25, 0.3) is 5.56 Å². The standard InChI is InChI=1S/C22H15F3N2O8S2/c1-34-14-4-3-10(23)18(25)9(14)7-35-15-6-13(11(24)5-16(15)37(2,32)33)27-20(28)17-12(26-22(27)31)8-36-19(17)21(29)30/h3-6,8H,7H2,1-2H3,(H,26,31)(H,29,30). The second kappa shape index (κ2) is 9.40. The van der Waals surface area contributed by atoms with Gasteiger partial charge in [0.2, 0.25) is 0 Å². The summed E-state index contributed by atoms with van der Waals surface area (Å²) in [5, 5.41) is 10.2. The average molecular weight is 556 g/mol. The lowest BCUT2D eigenvalue weighted by atomic mass is 10.2.